The van der Waals surface area contributed by atoms with Crippen molar-refractivity contribution in [2.24, 2.45) is 0 Å². The molecule has 1 N–H and O–H groups in total. The first-order chi connectivity index (χ1) is 10.3. The maximum Gasteiger partial charge on any atom is 0.416 e. The smallest absolute Gasteiger partial charge is 0.416 e. The Bertz CT molecular complexity index is 575. The number of hydrogen-bond acceptors (Lipinski definition) is 3. The van der Waals surface area contributed by atoms with Gasteiger partial charge in [0.15, 0.2) is 0 Å². The molecule has 1 heterocycles. The summed E-state index contributed by atoms with van der Waals surface area (Å²) in [7, 11) is 0. The van der Waals surface area contributed by atoms with Crippen LogP contribution in [0.3, 0.4) is 0 Å². The molecule has 1 aromatic rings. The fourth-order valence-corrected chi connectivity index (χ4v) is 2.04. The van der Waals surface area contributed by atoms with Gasteiger partial charge in [-0.05, 0) is 18.2 Å². The van der Waals surface area contributed by atoms with E-state index in [1.165, 1.54) is 12.1 Å². The molecule has 0 aromatic heterocycles. The standard InChI is InChI=1S/C14H15F3N2O3/c1-2-12(20)18-7-11-8-19(13(21)22-11)10-5-3-4-9(6-10)14(15,16)17/h3-6,11H,2,7-8H2,1H3,(H,18,20). The van der Waals surface area contributed by atoms with Crippen molar-refractivity contribution < 1.29 is 27.5 Å². The highest BCUT2D eigenvalue weighted by Gasteiger charge is 2.35. The highest BCUT2D eigenvalue weighted by Crippen LogP contribution is 2.32. The second-order valence-electron chi connectivity index (χ2n) is 4.82. The number of alkyl halides is 3. The molecule has 22 heavy (non-hydrogen) atoms. The third-order valence-electron chi connectivity index (χ3n) is 3.21. The summed E-state index contributed by atoms with van der Waals surface area (Å²) in [6.45, 7) is 1.91. The lowest BCUT2D eigenvalue weighted by Gasteiger charge is -2.15. The van der Waals surface area contributed by atoms with E-state index in [4.69, 9.17) is 4.74 Å². The zero-order valence-electron chi connectivity index (χ0n) is 11.8. The zero-order chi connectivity index (χ0) is 16.3. The van der Waals surface area contributed by atoms with Crippen LogP contribution in [-0.2, 0) is 15.7 Å². The van der Waals surface area contributed by atoms with Crippen molar-refractivity contribution in [1.82, 2.24) is 5.32 Å². The molecule has 120 valence electrons. The number of amides is 2. The molecule has 2 rings (SSSR count). The Morgan fingerprint density at radius 2 is 2.18 bits per heavy atom. The van der Waals surface area contributed by atoms with Gasteiger partial charge in [0.1, 0.15) is 6.10 Å². The molecule has 1 aliphatic heterocycles. The van der Waals surface area contributed by atoms with Gasteiger partial charge in [-0.25, -0.2) is 4.79 Å². The lowest BCUT2D eigenvalue weighted by atomic mass is 10.2. The summed E-state index contributed by atoms with van der Waals surface area (Å²) >= 11 is 0. The first kappa shape index (κ1) is 16.1. The van der Waals surface area contributed by atoms with E-state index in [0.717, 1.165) is 17.0 Å². The van der Waals surface area contributed by atoms with Crippen LogP contribution >= 0.6 is 0 Å². The minimum atomic E-state index is -4.48. The third-order valence-corrected chi connectivity index (χ3v) is 3.21. The number of hydrogen-bond donors (Lipinski definition) is 1. The fraction of sp³-hybridized carbons (Fsp3) is 0.429. The Hall–Kier alpha value is -2.25. The Kier molecular flexibility index (Phi) is 4.58. The summed E-state index contributed by atoms with van der Waals surface area (Å²) in [5.74, 6) is -0.187. The number of carbonyl (C=O) groups excluding carboxylic acids is 2. The molecule has 0 saturated carbocycles. The summed E-state index contributed by atoms with van der Waals surface area (Å²) in [4.78, 5) is 24.1. The number of carbonyl (C=O) groups is 2. The van der Waals surface area contributed by atoms with Crippen molar-refractivity contribution in [3.63, 3.8) is 0 Å². The molecule has 0 radical (unpaired) electrons. The van der Waals surface area contributed by atoms with E-state index in [9.17, 15) is 22.8 Å². The minimum absolute atomic E-state index is 0.0874. The molecule has 1 saturated heterocycles. The predicted molar refractivity (Wildman–Crippen MR) is 72.4 cm³/mol. The molecule has 1 aliphatic rings. The van der Waals surface area contributed by atoms with Crippen LogP contribution in [-0.4, -0.2) is 31.2 Å². The average molecular weight is 316 g/mol. The van der Waals surface area contributed by atoms with Gasteiger partial charge >= 0.3 is 12.3 Å². The monoisotopic (exact) mass is 316 g/mol. The highest BCUT2D eigenvalue weighted by molar-refractivity contribution is 5.90. The number of benzene rings is 1. The molecule has 1 unspecified atom stereocenters. The van der Waals surface area contributed by atoms with Gasteiger partial charge in [0.2, 0.25) is 5.91 Å². The van der Waals surface area contributed by atoms with Gasteiger partial charge in [0.25, 0.3) is 0 Å². The van der Waals surface area contributed by atoms with Crippen LogP contribution in [0.5, 0.6) is 0 Å². The first-order valence-corrected chi connectivity index (χ1v) is 6.73. The van der Waals surface area contributed by atoms with Crippen LogP contribution in [0.25, 0.3) is 0 Å². The van der Waals surface area contributed by atoms with Crippen LogP contribution in [0, 0.1) is 0 Å². The van der Waals surface area contributed by atoms with E-state index in [-0.39, 0.29) is 24.7 Å². The molecule has 5 nitrogen and oxygen atoms in total. The van der Waals surface area contributed by atoms with Crippen molar-refractivity contribution in [3.05, 3.63) is 29.8 Å². The summed E-state index contributed by atoms with van der Waals surface area (Å²) in [5.41, 5.74) is -0.718. The maximum atomic E-state index is 12.7. The van der Waals surface area contributed by atoms with E-state index >= 15 is 0 Å². The van der Waals surface area contributed by atoms with Gasteiger partial charge in [0.05, 0.1) is 18.7 Å². The van der Waals surface area contributed by atoms with Gasteiger partial charge in [-0.2, -0.15) is 13.2 Å². The van der Waals surface area contributed by atoms with E-state index in [1.807, 2.05) is 0 Å². The zero-order valence-corrected chi connectivity index (χ0v) is 11.8. The maximum absolute atomic E-state index is 12.7. The largest absolute Gasteiger partial charge is 0.442 e. The van der Waals surface area contributed by atoms with Crippen molar-refractivity contribution in [3.8, 4) is 0 Å². The quantitative estimate of drug-likeness (QED) is 0.929. The average Bonchev–Trinajstić information content (AvgIpc) is 2.85. The Balaban J connectivity index is 2.07. The van der Waals surface area contributed by atoms with Gasteiger partial charge in [-0.3, -0.25) is 9.69 Å². The first-order valence-electron chi connectivity index (χ1n) is 6.73. The summed E-state index contributed by atoms with van der Waals surface area (Å²) in [6, 6.07) is 4.47. The van der Waals surface area contributed by atoms with Crippen LogP contribution < -0.4 is 10.2 Å². The van der Waals surface area contributed by atoms with Crippen LogP contribution in [0.15, 0.2) is 24.3 Å². The lowest BCUT2D eigenvalue weighted by molar-refractivity contribution is -0.137. The fourth-order valence-electron chi connectivity index (χ4n) is 2.04. The summed E-state index contributed by atoms with van der Waals surface area (Å²) in [5, 5.41) is 2.58. The predicted octanol–water partition coefficient (Wildman–Crippen LogP) is 2.56. The Morgan fingerprint density at radius 1 is 1.45 bits per heavy atom. The van der Waals surface area contributed by atoms with Crippen LogP contribution in [0.4, 0.5) is 23.7 Å². The van der Waals surface area contributed by atoms with Crippen molar-refractivity contribution in [2.75, 3.05) is 18.0 Å². The van der Waals surface area contributed by atoms with E-state index < -0.39 is 23.9 Å². The van der Waals surface area contributed by atoms with Gasteiger partial charge in [-0.15, -0.1) is 0 Å². The molecule has 1 fully saturated rings. The van der Waals surface area contributed by atoms with E-state index in [1.54, 1.807) is 6.92 Å². The molecule has 0 bridgehead atoms. The van der Waals surface area contributed by atoms with Crippen LogP contribution in [0.1, 0.15) is 18.9 Å². The Labute approximate surface area is 125 Å². The van der Waals surface area contributed by atoms with Gasteiger partial charge < -0.3 is 10.1 Å². The highest BCUT2D eigenvalue weighted by atomic mass is 19.4. The normalized spacial score (nSPS) is 18.3. The summed E-state index contributed by atoms with van der Waals surface area (Å²) < 4.78 is 43.1. The number of rotatable bonds is 4. The second kappa shape index (κ2) is 6.25. The molecule has 1 aromatic carbocycles. The summed E-state index contributed by atoms with van der Waals surface area (Å²) in [6.07, 6.45) is -5.49. The van der Waals surface area contributed by atoms with Crippen molar-refractivity contribution in [1.29, 1.82) is 0 Å². The van der Waals surface area contributed by atoms with E-state index in [0.29, 0.717) is 6.42 Å². The molecular weight excluding hydrogens is 301 g/mol. The topological polar surface area (TPSA) is 58.6 Å². The number of anilines is 1. The Morgan fingerprint density at radius 3 is 2.82 bits per heavy atom. The van der Waals surface area contributed by atoms with Gasteiger partial charge in [0, 0.05) is 12.1 Å². The molecule has 0 aliphatic carbocycles. The number of nitrogens with one attached hydrogen (secondary N) is 1. The number of nitrogens with zero attached hydrogens (tertiary/aromatic N) is 1. The minimum Gasteiger partial charge on any atom is -0.442 e. The van der Waals surface area contributed by atoms with Crippen molar-refractivity contribution >= 4 is 17.7 Å². The second-order valence-corrected chi connectivity index (χ2v) is 4.82. The molecule has 1 atom stereocenters. The number of ether oxygens (including phenoxy) is 1. The number of cyclic esters (lactones) is 1. The van der Waals surface area contributed by atoms with Crippen molar-refractivity contribution in [2.45, 2.75) is 25.6 Å². The molecule has 8 heteroatoms. The lowest BCUT2D eigenvalue weighted by Crippen LogP contribution is -2.34. The number of halogens is 3. The van der Waals surface area contributed by atoms with Gasteiger partial charge in [-0.1, -0.05) is 13.0 Å². The molecule has 0 spiro atoms. The SMILES string of the molecule is CCC(=O)NCC1CN(c2cccc(C(F)(F)F)c2)C(=O)O1. The van der Waals surface area contributed by atoms with E-state index in [2.05, 4.69) is 5.32 Å². The van der Waals surface area contributed by atoms with Crippen LogP contribution in [0.2, 0.25) is 0 Å². The third kappa shape index (κ3) is 3.69. The molecule has 2 amide bonds. The molecular formula is C14H15F3N2O3.